The molecule has 150 valence electrons. The highest BCUT2D eigenvalue weighted by Crippen LogP contribution is 2.31. The molecule has 1 atom stereocenters. The van der Waals surface area contributed by atoms with E-state index in [1.54, 1.807) is 38.1 Å². The molecule has 6 heteroatoms. The van der Waals surface area contributed by atoms with Gasteiger partial charge in [0, 0.05) is 10.6 Å². The number of aryl methyl sites for hydroxylation is 2. The minimum atomic E-state index is -1.11. The predicted molar refractivity (Wildman–Crippen MR) is 110 cm³/mol. The van der Waals surface area contributed by atoms with Gasteiger partial charge >= 0.3 is 5.97 Å². The number of ether oxygens (including phenoxy) is 2. The van der Waals surface area contributed by atoms with Crippen LogP contribution in [0.15, 0.2) is 36.4 Å². The number of phenolic OH excluding ortho intramolecular Hbond substituents is 1. The summed E-state index contributed by atoms with van der Waals surface area (Å²) in [7, 11) is 1.32. The first kappa shape index (κ1) is 21.8. The first-order valence-electron chi connectivity index (χ1n) is 8.78. The zero-order chi connectivity index (χ0) is 21.1. The van der Waals surface area contributed by atoms with Gasteiger partial charge in [0.25, 0.3) is 0 Å². The SMILES string of the molecule is COC(=O)C(C)(C)Oc1c(C)cc(/C=C/C(O)c2ccc(Cl)cc2O)cc1C. The molecule has 2 aromatic rings. The van der Waals surface area contributed by atoms with E-state index in [2.05, 4.69) is 0 Å². The lowest BCUT2D eigenvalue weighted by molar-refractivity contribution is -0.156. The molecule has 0 amide bonds. The second-order valence-electron chi connectivity index (χ2n) is 7.09. The third kappa shape index (κ3) is 5.06. The number of aliphatic hydroxyl groups is 1. The Kier molecular flexibility index (Phi) is 6.75. The van der Waals surface area contributed by atoms with E-state index in [1.807, 2.05) is 26.0 Å². The van der Waals surface area contributed by atoms with Crippen LogP contribution in [0.3, 0.4) is 0 Å². The number of rotatable bonds is 6. The summed E-state index contributed by atoms with van der Waals surface area (Å²) in [6.07, 6.45) is 2.36. The molecule has 2 rings (SSSR count). The van der Waals surface area contributed by atoms with Crippen molar-refractivity contribution in [2.45, 2.75) is 39.4 Å². The second kappa shape index (κ2) is 8.67. The van der Waals surface area contributed by atoms with Crippen molar-refractivity contribution < 1.29 is 24.5 Å². The highest BCUT2D eigenvalue weighted by atomic mass is 35.5. The molecule has 0 saturated carbocycles. The maximum absolute atomic E-state index is 11.9. The molecule has 28 heavy (non-hydrogen) atoms. The van der Waals surface area contributed by atoms with Crippen LogP contribution < -0.4 is 4.74 Å². The van der Waals surface area contributed by atoms with Crippen LogP contribution >= 0.6 is 11.6 Å². The molecular weight excluding hydrogens is 380 g/mol. The van der Waals surface area contributed by atoms with Crippen molar-refractivity contribution >= 4 is 23.6 Å². The summed E-state index contributed by atoms with van der Waals surface area (Å²) in [5.41, 5.74) is 1.81. The molecule has 0 aliphatic heterocycles. The summed E-state index contributed by atoms with van der Waals surface area (Å²) < 4.78 is 10.7. The first-order valence-corrected chi connectivity index (χ1v) is 9.16. The van der Waals surface area contributed by atoms with Crippen LogP contribution in [0.4, 0.5) is 0 Å². The molecule has 0 saturated heterocycles. The fraction of sp³-hybridized carbons (Fsp3) is 0.318. The Labute approximate surface area is 170 Å². The molecule has 0 aromatic heterocycles. The van der Waals surface area contributed by atoms with Crippen molar-refractivity contribution in [1.82, 2.24) is 0 Å². The fourth-order valence-corrected chi connectivity index (χ4v) is 3.02. The number of methoxy groups -OCH3 is 1. The molecular formula is C22H25ClO5. The van der Waals surface area contributed by atoms with Gasteiger partial charge < -0.3 is 19.7 Å². The average Bonchev–Trinajstić information content (AvgIpc) is 2.62. The molecule has 0 heterocycles. The Morgan fingerprint density at radius 2 is 1.79 bits per heavy atom. The molecule has 0 bridgehead atoms. The van der Waals surface area contributed by atoms with E-state index in [4.69, 9.17) is 21.1 Å². The van der Waals surface area contributed by atoms with Crippen LogP contribution in [-0.4, -0.2) is 28.9 Å². The average molecular weight is 405 g/mol. The van der Waals surface area contributed by atoms with E-state index in [0.29, 0.717) is 16.3 Å². The van der Waals surface area contributed by atoms with Crippen LogP contribution in [0.2, 0.25) is 5.02 Å². The monoisotopic (exact) mass is 404 g/mol. The number of carbonyl (C=O) groups is 1. The lowest BCUT2D eigenvalue weighted by Crippen LogP contribution is -2.39. The predicted octanol–water partition coefficient (Wildman–Crippen LogP) is 4.74. The standard InChI is InChI=1S/C22H25ClO5/c1-13-10-15(6-9-18(24)17-8-7-16(23)12-19(17)25)11-14(2)20(13)28-22(3,4)21(26)27-5/h6-12,18,24-25H,1-5H3/b9-6+. The van der Waals surface area contributed by atoms with Gasteiger partial charge in [0.2, 0.25) is 0 Å². The zero-order valence-electron chi connectivity index (χ0n) is 16.6. The van der Waals surface area contributed by atoms with E-state index in [9.17, 15) is 15.0 Å². The number of phenols is 1. The van der Waals surface area contributed by atoms with Crippen molar-refractivity contribution in [3.05, 3.63) is 63.7 Å². The normalized spacial score (nSPS) is 12.8. The number of esters is 1. The molecule has 2 aromatic carbocycles. The van der Waals surface area contributed by atoms with Crippen LogP contribution in [0.5, 0.6) is 11.5 Å². The number of carbonyl (C=O) groups excluding carboxylic acids is 1. The minimum absolute atomic E-state index is 0.0641. The highest BCUT2D eigenvalue weighted by molar-refractivity contribution is 6.30. The van der Waals surface area contributed by atoms with Gasteiger partial charge in [0.15, 0.2) is 5.60 Å². The molecule has 2 N–H and O–H groups in total. The van der Waals surface area contributed by atoms with E-state index >= 15 is 0 Å². The summed E-state index contributed by atoms with van der Waals surface area (Å²) in [5, 5.41) is 20.6. The van der Waals surface area contributed by atoms with Crippen LogP contribution in [0.25, 0.3) is 6.08 Å². The molecule has 0 aliphatic rings. The maximum Gasteiger partial charge on any atom is 0.349 e. The summed E-state index contributed by atoms with van der Waals surface area (Å²) in [6.45, 7) is 7.07. The molecule has 0 radical (unpaired) electrons. The van der Waals surface area contributed by atoms with Crippen molar-refractivity contribution in [2.75, 3.05) is 7.11 Å². The Morgan fingerprint density at radius 3 is 2.32 bits per heavy atom. The second-order valence-corrected chi connectivity index (χ2v) is 7.53. The summed E-state index contributed by atoms with van der Waals surface area (Å²) in [6, 6.07) is 8.35. The van der Waals surface area contributed by atoms with Crippen LogP contribution in [0, 0.1) is 13.8 Å². The minimum Gasteiger partial charge on any atom is -0.508 e. The summed E-state index contributed by atoms with van der Waals surface area (Å²) in [4.78, 5) is 11.9. The van der Waals surface area contributed by atoms with Crippen molar-refractivity contribution in [3.63, 3.8) is 0 Å². The molecule has 1 unspecified atom stereocenters. The van der Waals surface area contributed by atoms with E-state index in [1.165, 1.54) is 13.2 Å². The topological polar surface area (TPSA) is 76.0 Å². The third-order valence-electron chi connectivity index (χ3n) is 4.30. The van der Waals surface area contributed by atoms with E-state index in [-0.39, 0.29) is 5.75 Å². The van der Waals surface area contributed by atoms with Gasteiger partial charge in [0.05, 0.1) is 7.11 Å². The number of aliphatic hydroxyl groups excluding tert-OH is 1. The smallest absolute Gasteiger partial charge is 0.349 e. The zero-order valence-corrected chi connectivity index (χ0v) is 17.4. The van der Waals surface area contributed by atoms with Gasteiger partial charge in [0.1, 0.15) is 17.6 Å². The van der Waals surface area contributed by atoms with E-state index < -0.39 is 17.7 Å². The van der Waals surface area contributed by atoms with Crippen LogP contribution in [-0.2, 0) is 9.53 Å². The van der Waals surface area contributed by atoms with Gasteiger partial charge in [-0.15, -0.1) is 0 Å². The lowest BCUT2D eigenvalue weighted by Gasteiger charge is -2.26. The number of aromatic hydroxyl groups is 1. The third-order valence-corrected chi connectivity index (χ3v) is 4.53. The summed E-state index contributed by atoms with van der Waals surface area (Å²) >= 11 is 5.82. The number of hydrogen-bond donors (Lipinski definition) is 2. The molecule has 5 nitrogen and oxygen atoms in total. The van der Waals surface area contributed by atoms with Gasteiger partial charge in [-0.25, -0.2) is 4.79 Å². The number of halogens is 1. The van der Waals surface area contributed by atoms with E-state index in [0.717, 1.165) is 16.7 Å². The fourth-order valence-electron chi connectivity index (χ4n) is 2.86. The quantitative estimate of drug-likeness (QED) is 0.680. The van der Waals surface area contributed by atoms with Crippen LogP contribution in [0.1, 0.15) is 42.2 Å². The van der Waals surface area contributed by atoms with Crippen molar-refractivity contribution in [1.29, 1.82) is 0 Å². The van der Waals surface area contributed by atoms with Crippen molar-refractivity contribution in [3.8, 4) is 11.5 Å². The molecule has 0 aliphatic carbocycles. The van der Waals surface area contributed by atoms with Gasteiger partial charge in [-0.1, -0.05) is 29.8 Å². The van der Waals surface area contributed by atoms with Gasteiger partial charge in [-0.3, -0.25) is 0 Å². The lowest BCUT2D eigenvalue weighted by atomic mass is 10.0. The molecule has 0 spiro atoms. The maximum atomic E-state index is 11.9. The highest BCUT2D eigenvalue weighted by Gasteiger charge is 2.32. The van der Waals surface area contributed by atoms with Gasteiger partial charge in [-0.2, -0.15) is 0 Å². The Morgan fingerprint density at radius 1 is 1.18 bits per heavy atom. The summed E-state index contributed by atoms with van der Waals surface area (Å²) in [5.74, 6) is 0.0930. The number of benzene rings is 2. The Bertz CT molecular complexity index is 879. The Balaban J connectivity index is 2.24. The number of hydrogen-bond acceptors (Lipinski definition) is 5. The van der Waals surface area contributed by atoms with Gasteiger partial charge in [-0.05, 0) is 68.7 Å². The molecule has 0 fully saturated rings. The first-order chi connectivity index (χ1) is 13.0. The Hall–Kier alpha value is -2.50. The largest absolute Gasteiger partial charge is 0.508 e. The van der Waals surface area contributed by atoms with Crippen molar-refractivity contribution in [2.24, 2.45) is 0 Å².